The van der Waals surface area contributed by atoms with E-state index in [4.69, 9.17) is 5.73 Å². The van der Waals surface area contributed by atoms with Crippen LogP contribution in [0, 0.1) is 18.7 Å². The van der Waals surface area contributed by atoms with Gasteiger partial charge in [-0.3, -0.25) is 0 Å². The Balaban J connectivity index is 2.42. The summed E-state index contributed by atoms with van der Waals surface area (Å²) >= 11 is 0. The number of nitrogens with zero attached hydrogens (tertiary/aromatic N) is 1. The third-order valence-corrected chi connectivity index (χ3v) is 5.88. The number of halogens is 1. The Bertz CT molecular complexity index is 574. The molecule has 6 heteroatoms. The molecule has 0 aromatic heterocycles. The van der Waals surface area contributed by atoms with Gasteiger partial charge in [-0.1, -0.05) is 6.92 Å². The van der Waals surface area contributed by atoms with Crippen LogP contribution in [0.5, 0.6) is 0 Å². The standard InChI is InChI=1S/C13H19FN2O2S/c1-9-5-6-16(12(9)8-15)19(17,18)13-4-3-11(14)7-10(13)2/h3-4,7,9,12H,5-6,8,15H2,1-2H3. The second-order valence-corrected chi connectivity index (χ2v) is 6.95. The zero-order valence-corrected chi connectivity index (χ0v) is 12.0. The molecular formula is C13H19FN2O2S. The molecule has 1 aromatic carbocycles. The number of nitrogens with two attached hydrogens (primary N) is 1. The van der Waals surface area contributed by atoms with Gasteiger partial charge in [0, 0.05) is 19.1 Å². The number of hydrogen-bond donors (Lipinski definition) is 1. The smallest absolute Gasteiger partial charge is 0.243 e. The summed E-state index contributed by atoms with van der Waals surface area (Å²) in [4.78, 5) is 0.168. The number of rotatable bonds is 3. The molecule has 0 bridgehead atoms. The molecule has 2 unspecified atom stereocenters. The number of hydrogen-bond acceptors (Lipinski definition) is 3. The molecule has 4 nitrogen and oxygen atoms in total. The molecule has 0 amide bonds. The molecule has 2 rings (SSSR count). The number of benzene rings is 1. The van der Waals surface area contributed by atoms with Crippen molar-refractivity contribution in [2.24, 2.45) is 11.7 Å². The number of sulfonamides is 1. The van der Waals surface area contributed by atoms with Crippen LogP contribution in [0.25, 0.3) is 0 Å². The largest absolute Gasteiger partial charge is 0.329 e. The number of aryl methyl sites for hydroxylation is 1. The van der Waals surface area contributed by atoms with E-state index in [1.165, 1.54) is 22.5 Å². The maximum Gasteiger partial charge on any atom is 0.243 e. The molecule has 1 saturated heterocycles. The Kier molecular flexibility index (Phi) is 3.94. The molecule has 1 aliphatic heterocycles. The van der Waals surface area contributed by atoms with E-state index >= 15 is 0 Å². The minimum Gasteiger partial charge on any atom is -0.329 e. The van der Waals surface area contributed by atoms with Gasteiger partial charge in [0.05, 0.1) is 4.90 Å². The molecule has 1 fully saturated rings. The van der Waals surface area contributed by atoms with Crippen molar-refractivity contribution in [3.05, 3.63) is 29.6 Å². The Hall–Kier alpha value is -0.980. The minimum absolute atomic E-state index is 0.168. The van der Waals surface area contributed by atoms with Crippen molar-refractivity contribution in [3.63, 3.8) is 0 Å². The minimum atomic E-state index is -3.59. The van der Waals surface area contributed by atoms with Crippen LogP contribution in [0.2, 0.25) is 0 Å². The SMILES string of the molecule is Cc1cc(F)ccc1S(=O)(=O)N1CCC(C)C1CN. The molecule has 106 valence electrons. The summed E-state index contributed by atoms with van der Waals surface area (Å²) in [6.45, 7) is 4.39. The molecule has 2 N–H and O–H groups in total. The van der Waals surface area contributed by atoms with Crippen LogP contribution < -0.4 is 5.73 Å². The van der Waals surface area contributed by atoms with Crippen LogP contribution in [0.15, 0.2) is 23.1 Å². The lowest BCUT2D eigenvalue weighted by atomic mass is 10.0. The summed E-state index contributed by atoms with van der Waals surface area (Å²) in [5.74, 6) is -0.179. The van der Waals surface area contributed by atoms with Gasteiger partial charge in [0.2, 0.25) is 10.0 Å². The van der Waals surface area contributed by atoms with Crippen LogP contribution >= 0.6 is 0 Å². The lowest BCUT2D eigenvalue weighted by Gasteiger charge is -2.25. The van der Waals surface area contributed by atoms with Crippen molar-refractivity contribution in [2.75, 3.05) is 13.1 Å². The molecule has 1 heterocycles. The first kappa shape index (κ1) is 14.4. The summed E-state index contributed by atoms with van der Waals surface area (Å²) in [6, 6.07) is 3.58. The highest BCUT2D eigenvalue weighted by molar-refractivity contribution is 7.89. The zero-order chi connectivity index (χ0) is 14.2. The Morgan fingerprint density at radius 1 is 1.47 bits per heavy atom. The van der Waals surface area contributed by atoms with E-state index in [9.17, 15) is 12.8 Å². The van der Waals surface area contributed by atoms with Gasteiger partial charge in [-0.05, 0) is 43.0 Å². The van der Waals surface area contributed by atoms with Gasteiger partial charge in [-0.15, -0.1) is 0 Å². The van der Waals surface area contributed by atoms with Gasteiger partial charge >= 0.3 is 0 Å². The van der Waals surface area contributed by atoms with Crippen molar-refractivity contribution in [3.8, 4) is 0 Å². The van der Waals surface area contributed by atoms with E-state index in [0.717, 1.165) is 6.42 Å². The molecule has 1 aliphatic rings. The van der Waals surface area contributed by atoms with Gasteiger partial charge in [-0.25, -0.2) is 12.8 Å². The second kappa shape index (κ2) is 5.19. The van der Waals surface area contributed by atoms with Gasteiger partial charge < -0.3 is 5.73 Å². The zero-order valence-electron chi connectivity index (χ0n) is 11.1. The molecule has 19 heavy (non-hydrogen) atoms. The van der Waals surface area contributed by atoms with Gasteiger partial charge in [0.1, 0.15) is 5.82 Å². The van der Waals surface area contributed by atoms with Crippen molar-refractivity contribution < 1.29 is 12.8 Å². The van der Waals surface area contributed by atoms with E-state index in [0.29, 0.717) is 18.7 Å². The van der Waals surface area contributed by atoms with Gasteiger partial charge in [0.15, 0.2) is 0 Å². The molecule has 0 spiro atoms. The molecular weight excluding hydrogens is 267 g/mol. The van der Waals surface area contributed by atoms with Crippen LogP contribution in [-0.2, 0) is 10.0 Å². The summed E-state index contributed by atoms with van der Waals surface area (Å²) in [5.41, 5.74) is 6.11. The molecule has 1 aromatic rings. The third kappa shape index (κ3) is 2.52. The highest BCUT2D eigenvalue weighted by Gasteiger charge is 2.39. The molecule has 2 atom stereocenters. The first-order valence-electron chi connectivity index (χ1n) is 6.36. The maximum absolute atomic E-state index is 13.1. The Labute approximate surface area is 113 Å². The van der Waals surface area contributed by atoms with E-state index in [1.807, 2.05) is 6.92 Å². The highest BCUT2D eigenvalue weighted by Crippen LogP contribution is 2.30. The fourth-order valence-corrected chi connectivity index (χ4v) is 4.60. The summed E-state index contributed by atoms with van der Waals surface area (Å²) < 4.78 is 39.8. The molecule has 0 aliphatic carbocycles. The first-order valence-corrected chi connectivity index (χ1v) is 7.80. The van der Waals surface area contributed by atoms with Crippen molar-refractivity contribution >= 4 is 10.0 Å². The van der Waals surface area contributed by atoms with Gasteiger partial charge in [-0.2, -0.15) is 4.31 Å². The predicted molar refractivity (Wildman–Crippen MR) is 71.7 cm³/mol. The Morgan fingerprint density at radius 3 is 2.74 bits per heavy atom. The van der Waals surface area contributed by atoms with Crippen molar-refractivity contribution in [1.82, 2.24) is 4.31 Å². The summed E-state index contributed by atoms with van der Waals surface area (Å²) in [7, 11) is -3.59. The Morgan fingerprint density at radius 2 is 2.16 bits per heavy atom. The lowest BCUT2D eigenvalue weighted by Crippen LogP contribution is -2.42. The van der Waals surface area contributed by atoms with Gasteiger partial charge in [0.25, 0.3) is 0 Å². The van der Waals surface area contributed by atoms with E-state index in [2.05, 4.69) is 0 Å². The predicted octanol–water partition coefficient (Wildman–Crippen LogP) is 1.49. The van der Waals surface area contributed by atoms with E-state index in [-0.39, 0.29) is 16.9 Å². The highest BCUT2D eigenvalue weighted by atomic mass is 32.2. The average molecular weight is 286 g/mol. The lowest BCUT2D eigenvalue weighted by molar-refractivity contribution is 0.354. The van der Waals surface area contributed by atoms with Crippen LogP contribution in [0.4, 0.5) is 4.39 Å². The average Bonchev–Trinajstić information content (AvgIpc) is 2.70. The fraction of sp³-hybridized carbons (Fsp3) is 0.538. The fourth-order valence-electron chi connectivity index (χ4n) is 2.65. The maximum atomic E-state index is 13.1. The quantitative estimate of drug-likeness (QED) is 0.915. The van der Waals surface area contributed by atoms with Crippen LogP contribution in [0.1, 0.15) is 18.9 Å². The van der Waals surface area contributed by atoms with Crippen molar-refractivity contribution in [1.29, 1.82) is 0 Å². The first-order chi connectivity index (χ1) is 8.87. The topological polar surface area (TPSA) is 63.4 Å². The molecule has 0 radical (unpaired) electrons. The summed E-state index contributed by atoms with van der Waals surface area (Å²) in [6.07, 6.45) is 0.807. The van der Waals surface area contributed by atoms with E-state index < -0.39 is 15.8 Å². The third-order valence-electron chi connectivity index (χ3n) is 3.80. The van der Waals surface area contributed by atoms with Crippen LogP contribution in [-0.4, -0.2) is 31.9 Å². The van der Waals surface area contributed by atoms with Crippen molar-refractivity contribution in [2.45, 2.75) is 31.2 Å². The monoisotopic (exact) mass is 286 g/mol. The molecule has 0 saturated carbocycles. The summed E-state index contributed by atoms with van der Waals surface area (Å²) in [5, 5.41) is 0. The van der Waals surface area contributed by atoms with E-state index in [1.54, 1.807) is 6.92 Å². The second-order valence-electron chi connectivity index (χ2n) is 5.09. The normalized spacial score (nSPS) is 24.8. The van der Waals surface area contributed by atoms with Crippen LogP contribution in [0.3, 0.4) is 0 Å².